The van der Waals surface area contributed by atoms with Gasteiger partial charge in [-0.25, -0.2) is 0 Å². The number of phenolic OH excluding ortho intramolecular Hbond substituents is 2. The first-order chi connectivity index (χ1) is 17.8. The fourth-order valence-electron chi connectivity index (χ4n) is 6.73. The summed E-state index contributed by atoms with van der Waals surface area (Å²) in [7, 11) is 3.26. The third kappa shape index (κ3) is 3.09. The van der Waals surface area contributed by atoms with Crippen LogP contribution < -0.4 is 18.9 Å². The molecular formula is C27H30N2O8. The maximum Gasteiger partial charge on any atom is 0.241 e. The molecular weight excluding hydrogens is 480 g/mol. The van der Waals surface area contributed by atoms with Crippen molar-refractivity contribution in [2.45, 2.75) is 43.9 Å². The second-order valence-electron chi connectivity index (χ2n) is 9.91. The van der Waals surface area contributed by atoms with Crippen LogP contribution in [0.1, 0.15) is 39.9 Å². The lowest BCUT2D eigenvalue weighted by atomic mass is 9.74. The fourth-order valence-corrected chi connectivity index (χ4v) is 6.73. The van der Waals surface area contributed by atoms with Gasteiger partial charge < -0.3 is 39.2 Å². The van der Waals surface area contributed by atoms with Crippen molar-refractivity contribution < 1.29 is 39.1 Å². The summed E-state index contributed by atoms with van der Waals surface area (Å²) in [6.07, 6.45) is 2.36. The number of carbonyl (C=O) groups is 1. The molecule has 4 aliphatic heterocycles. The molecule has 1 unspecified atom stereocenters. The Balaban J connectivity index is 1.59. The number of hydrogen-bond acceptors (Lipinski definition) is 9. The number of amides is 1. The number of ether oxygens (including phenoxy) is 4. The average molecular weight is 511 g/mol. The highest BCUT2D eigenvalue weighted by Crippen LogP contribution is 2.57. The van der Waals surface area contributed by atoms with Crippen LogP contribution in [0.3, 0.4) is 0 Å². The lowest BCUT2D eigenvalue weighted by molar-refractivity contribution is -0.158. The Hall–Kier alpha value is -3.63. The van der Waals surface area contributed by atoms with Crippen molar-refractivity contribution in [3.63, 3.8) is 0 Å². The quantitative estimate of drug-likeness (QED) is 0.519. The van der Waals surface area contributed by atoms with Gasteiger partial charge in [-0.3, -0.25) is 9.69 Å². The molecule has 4 atom stereocenters. The topological polar surface area (TPSA) is 121 Å². The van der Waals surface area contributed by atoms with Gasteiger partial charge in [0.15, 0.2) is 23.0 Å². The second kappa shape index (κ2) is 8.46. The van der Waals surface area contributed by atoms with E-state index in [4.69, 9.17) is 18.9 Å². The van der Waals surface area contributed by atoms with Crippen molar-refractivity contribution in [3.8, 4) is 34.5 Å². The minimum atomic E-state index is -0.690. The van der Waals surface area contributed by atoms with Gasteiger partial charge in [0, 0.05) is 22.3 Å². The maximum absolute atomic E-state index is 14.0. The molecule has 0 aromatic heterocycles. The number of rotatable bonds is 5. The van der Waals surface area contributed by atoms with E-state index in [1.165, 1.54) is 7.11 Å². The molecule has 196 valence electrons. The van der Waals surface area contributed by atoms with Gasteiger partial charge in [0.1, 0.15) is 12.4 Å². The van der Waals surface area contributed by atoms with Crippen LogP contribution in [-0.2, 0) is 17.6 Å². The van der Waals surface area contributed by atoms with Crippen LogP contribution in [0.2, 0.25) is 0 Å². The zero-order valence-corrected chi connectivity index (χ0v) is 21.0. The predicted octanol–water partition coefficient (Wildman–Crippen LogP) is 2.11. The Morgan fingerprint density at radius 1 is 1.19 bits per heavy atom. The average Bonchev–Trinajstić information content (AvgIpc) is 3.37. The van der Waals surface area contributed by atoms with Gasteiger partial charge >= 0.3 is 0 Å². The molecule has 0 spiro atoms. The lowest BCUT2D eigenvalue weighted by Gasteiger charge is -2.57. The number of piperazine rings is 1. The Morgan fingerprint density at radius 3 is 2.65 bits per heavy atom. The van der Waals surface area contributed by atoms with E-state index in [-0.39, 0.29) is 43.2 Å². The molecule has 6 rings (SSSR count). The van der Waals surface area contributed by atoms with Gasteiger partial charge in [-0.15, -0.1) is 0 Å². The Morgan fingerprint density at radius 2 is 1.95 bits per heavy atom. The summed E-state index contributed by atoms with van der Waals surface area (Å²) in [5.41, 5.74) is 3.63. The molecule has 1 saturated heterocycles. The number of likely N-dealkylation sites (N-methyl/N-ethyl adjacent to an activating group) is 1. The molecule has 2 aromatic rings. The van der Waals surface area contributed by atoms with E-state index >= 15 is 0 Å². The van der Waals surface area contributed by atoms with Crippen LogP contribution in [0.25, 0.3) is 0 Å². The maximum atomic E-state index is 14.0. The van der Waals surface area contributed by atoms with Crippen molar-refractivity contribution in [3.05, 3.63) is 46.5 Å². The van der Waals surface area contributed by atoms with Crippen LogP contribution in [0, 0.1) is 6.92 Å². The van der Waals surface area contributed by atoms with Gasteiger partial charge in [0.25, 0.3) is 0 Å². The lowest BCUT2D eigenvalue weighted by Crippen LogP contribution is -2.66. The monoisotopic (exact) mass is 510 g/mol. The van der Waals surface area contributed by atoms with E-state index in [2.05, 4.69) is 6.58 Å². The third-order valence-electron chi connectivity index (χ3n) is 8.20. The predicted molar refractivity (Wildman–Crippen MR) is 131 cm³/mol. The molecule has 0 radical (unpaired) electrons. The summed E-state index contributed by atoms with van der Waals surface area (Å²) in [6, 6.07) is -0.497. The third-order valence-corrected chi connectivity index (χ3v) is 8.20. The van der Waals surface area contributed by atoms with Crippen LogP contribution in [0.5, 0.6) is 34.5 Å². The number of aliphatic hydroxyl groups is 1. The van der Waals surface area contributed by atoms with Crippen molar-refractivity contribution in [1.29, 1.82) is 0 Å². The summed E-state index contributed by atoms with van der Waals surface area (Å²) < 4.78 is 23.1. The molecule has 4 heterocycles. The zero-order valence-electron chi connectivity index (χ0n) is 21.0. The number of aliphatic hydroxyl groups excluding tert-OH is 1. The van der Waals surface area contributed by atoms with E-state index in [1.54, 1.807) is 17.0 Å². The molecule has 1 amide bonds. The summed E-state index contributed by atoms with van der Waals surface area (Å²) in [4.78, 5) is 17.7. The van der Waals surface area contributed by atoms with Gasteiger partial charge in [0.05, 0.1) is 37.9 Å². The second-order valence-corrected chi connectivity index (χ2v) is 9.91. The van der Waals surface area contributed by atoms with Crippen molar-refractivity contribution in [2.24, 2.45) is 0 Å². The largest absolute Gasteiger partial charge is 0.504 e. The normalized spacial score (nSPS) is 25.3. The fraction of sp³-hybridized carbons (Fsp3) is 0.444. The Kier molecular flexibility index (Phi) is 5.43. The minimum Gasteiger partial charge on any atom is -0.504 e. The molecule has 0 aliphatic carbocycles. The number of carbonyl (C=O) groups excluding carboxylic acids is 1. The first kappa shape index (κ1) is 23.7. The molecule has 2 aromatic carbocycles. The first-order valence-corrected chi connectivity index (χ1v) is 12.3. The number of fused-ring (bicyclic) bond motifs is 9. The summed E-state index contributed by atoms with van der Waals surface area (Å²) in [6.45, 7) is 5.66. The van der Waals surface area contributed by atoms with E-state index in [9.17, 15) is 20.1 Å². The Bertz CT molecular complexity index is 1320. The summed E-state index contributed by atoms with van der Waals surface area (Å²) >= 11 is 0. The van der Waals surface area contributed by atoms with E-state index in [0.29, 0.717) is 46.8 Å². The number of methoxy groups -OCH3 is 1. The standard InChI is InChI=1S/C27H30N2O8/c1-5-6-35-23-12(2)24-26(37-11-36-24)20-14(23)9-15-21-19-13(8-18(31)25(34-4)22(19)32)7-16(28(21)3)27(33)29(15)17(20)10-30/h5,8,15-17,21,30-32H,1,6-7,9-11H2,2-4H3/t15-,16-,17?,21-/m0/s1. The first-order valence-electron chi connectivity index (χ1n) is 12.3. The smallest absolute Gasteiger partial charge is 0.241 e. The van der Waals surface area contributed by atoms with E-state index < -0.39 is 24.2 Å². The number of nitrogens with zero attached hydrogens (tertiary/aromatic N) is 2. The Labute approximate surface area is 214 Å². The number of aromatic hydroxyl groups is 2. The zero-order chi connectivity index (χ0) is 26.2. The van der Waals surface area contributed by atoms with Crippen molar-refractivity contribution in [1.82, 2.24) is 9.80 Å². The van der Waals surface area contributed by atoms with Crippen LogP contribution in [0.4, 0.5) is 0 Å². The highest BCUT2D eigenvalue weighted by atomic mass is 16.7. The number of hydrogen-bond donors (Lipinski definition) is 3. The molecule has 3 N–H and O–H groups in total. The van der Waals surface area contributed by atoms with Crippen molar-refractivity contribution >= 4 is 5.91 Å². The van der Waals surface area contributed by atoms with E-state index in [0.717, 1.165) is 11.1 Å². The van der Waals surface area contributed by atoms with Crippen LogP contribution >= 0.6 is 0 Å². The summed E-state index contributed by atoms with van der Waals surface area (Å²) in [5, 5.41) is 32.4. The van der Waals surface area contributed by atoms with Gasteiger partial charge in [0.2, 0.25) is 18.4 Å². The molecule has 10 heteroatoms. The molecule has 37 heavy (non-hydrogen) atoms. The van der Waals surface area contributed by atoms with Gasteiger partial charge in [-0.1, -0.05) is 12.7 Å². The van der Waals surface area contributed by atoms with Gasteiger partial charge in [-0.2, -0.15) is 0 Å². The van der Waals surface area contributed by atoms with Crippen molar-refractivity contribution in [2.75, 3.05) is 34.2 Å². The number of phenols is 2. The number of benzene rings is 2. The molecule has 10 nitrogen and oxygen atoms in total. The highest BCUT2D eigenvalue weighted by Gasteiger charge is 2.56. The van der Waals surface area contributed by atoms with Crippen LogP contribution in [0.15, 0.2) is 18.7 Å². The van der Waals surface area contributed by atoms with E-state index in [1.807, 2.05) is 18.9 Å². The minimum absolute atomic E-state index is 0.00168. The highest BCUT2D eigenvalue weighted by molar-refractivity contribution is 5.86. The molecule has 4 aliphatic rings. The SMILES string of the molecule is C=CCOc1c(C)c2c(c3c1C[C@H]1[C@H]4c5c(cc(O)c(OC)c5O)C[C@@H](C(=O)N1C3CO)N4C)OCO2. The van der Waals surface area contributed by atoms with Gasteiger partial charge in [-0.05, 0) is 38.4 Å². The molecule has 0 saturated carbocycles. The molecule has 2 bridgehead atoms. The molecule has 1 fully saturated rings. The van der Waals surface area contributed by atoms with Crippen LogP contribution in [-0.4, -0.2) is 77.3 Å². The summed E-state index contributed by atoms with van der Waals surface area (Å²) in [5.74, 6) is 1.27.